The number of cyclic esters (lactones) is 1. The summed E-state index contributed by atoms with van der Waals surface area (Å²) < 4.78 is 5.40. The van der Waals surface area contributed by atoms with Gasteiger partial charge in [0.2, 0.25) is 5.91 Å². The van der Waals surface area contributed by atoms with Gasteiger partial charge in [0.25, 0.3) is 0 Å². The molecule has 1 unspecified atom stereocenters. The lowest BCUT2D eigenvalue weighted by atomic mass is 9.69. The number of rotatable bonds is 20. The van der Waals surface area contributed by atoms with E-state index in [1.54, 1.807) is 0 Å². The van der Waals surface area contributed by atoms with Crippen LogP contribution < -0.4 is 5.73 Å². The summed E-state index contributed by atoms with van der Waals surface area (Å²) in [5, 5.41) is 9.83. The molecule has 1 rings (SSSR count). The second-order valence-electron chi connectivity index (χ2n) is 9.85. The van der Waals surface area contributed by atoms with Crippen molar-refractivity contribution < 1.29 is 24.2 Å². The Labute approximate surface area is 195 Å². The van der Waals surface area contributed by atoms with Crippen LogP contribution in [0.25, 0.3) is 0 Å². The van der Waals surface area contributed by atoms with E-state index in [0.717, 1.165) is 51.4 Å². The lowest BCUT2D eigenvalue weighted by Gasteiger charge is -2.40. The molecule has 3 N–H and O–H groups in total. The summed E-state index contributed by atoms with van der Waals surface area (Å²) in [4.78, 5) is 36.2. The summed E-state index contributed by atoms with van der Waals surface area (Å²) in [7, 11) is 0. The van der Waals surface area contributed by atoms with E-state index in [0.29, 0.717) is 12.8 Å². The monoisotopic (exact) mass is 453 g/mol. The standard InChI is InChI=1S/C26H47NO5/c1-4-6-8-10-11-12-13-14-15-17-20(26(3,24(27)29)25(30)31)19-22-21(23(28)32-22)18-16-9-7-5-2/h20-22H,4-19H2,1-3H3,(H2,27,29)(H,30,31)/t20?,21-,22-,26-/m0/s1. The molecule has 186 valence electrons. The molecule has 0 bridgehead atoms. The number of aliphatic carboxylic acids is 1. The molecular formula is C26H47NO5. The van der Waals surface area contributed by atoms with Gasteiger partial charge in [0, 0.05) is 0 Å². The van der Waals surface area contributed by atoms with Crippen LogP contribution in [0.2, 0.25) is 0 Å². The van der Waals surface area contributed by atoms with Crippen LogP contribution in [-0.2, 0) is 19.1 Å². The Morgan fingerprint density at radius 1 is 0.938 bits per heavy atom. The Hall–Kier alpha value is -1.59. The molecule has 1 amide bonds. The van der Waals surface area contributed by atoms with Gasteiger partial charge >= 0.3 is 11.9 Å². The van der Waals surface area contributed by atoms with Crippen molar-refractivity contribution in [2.45, 2.75) is 130 Å². The van der Waals surface area contributed by atoms with Crippen molar-refractivity contribution in [3.8, 4) is 0 Å². The van der Waals surface area contributed by atoms with E-state index in [2.05, 4.69) is 13.8 Å². The highest BCUT2D eigenvalue weighted by molar-refractivity contribution is 6.01. The van der Waals surface area contributed by atoms with E-state index in [4.69, 9.17) is 10.5 Å². The average molecular weight is 454 g/mol. The highest BCUT2D eigenvalue weighted by Crippen LogP contribution is 2.41. The Morgan fingerprint density at radius 3 is 1.91 bits per heavy atom. The fraction of sp³-hybridized carbons (Fsp3) is 0.885. The molecule has 0 aromatic rings. The average Bonchev–Trinajstić information content (AvgIpc) is 2.75. The second-order valence-corrected chi connectivity index (χ2v) is 9.85. The number of carbonyl (C=O) groups is 3. The Morgan fingerprint density at radius 2 is 1.44 bits per heavy atom. The second kappa shape index (κ2) is 15.3. The van der Waals surface area contributed by atoms with Crippen molar-refractivity contribution in [1.29, 1.82) is 0 Å². The minimum absolute atomic E-state index is 0.177. The minimum atomic E-state index is -1.64. The van der Waals surface area contributed by atoms with Gasteiger partial charge < -0.3 is 15.6 Å². The lowest BCUT2D eigenvalue weighted by Crippen LogP contribution is -2.52. The maximum Gasteiger partial charge on any atom is 0.319 e. The zero-order chi connectivity index (χ0) is 24.0. The molecule has 32 heavy (non-hydrogen) atoms. The largest absolute Gasteiger partial charge is 0.480 e. The SMILES string of the molecule is CCCCCCCCCCCC(C[C@@H]1OC(=O)[C@H]1CCCCCC)[C@@](C)(C(N)=O)C(=O)O. The van der Waals surface area contributed by atoms with Gasteiger partial charge in [-0.2, -0.15) is 0 Å². The van der Waals surface area contributed by atoms with Gasteiger partial charge in [-0.05, 0) is 32.1 Å². The Bertz CT molecular complexity index is 563. The fourth-order valence-corrected chi connectivity index (χ4v) is 4.81. The number of esters is 1. The molecule has 0 spiro atoms. The number of hydrogen-bond acceptors (Lipinski definition) is 4. The number of carboxylic acids is 1. The number of nitrogens with two attached hydrogens (primary N) is 1. The molecular weight excluding hydrogens is 406 g/mol. The first-order chi connectivity index (χ1) is 15.3. The van der Waals surface area contributed by atoms with Gasteiger partial charge in [0.05, 0.1) is 5.92 Å². The Balaban J connectivity index is 2.61. The highest BCUT2D eigenvalue weighted by Gasteiger charge is 2.51. The maximum absolute atomic E-state index is 12.2. The number of carboxylic acid groups (broad SMARTS) is 1. The van der Waals surface area contributed by atoms with Gasteiger partial charge in [0.1, 0.15) is 11.5 Å². The molecule has 0 aromatic heterocycles. The van der Waals surface area contributed by atoms with Crippen molar-refractivity contribution in [2.75, 3.05) is 0 Å². The summed E-state index contributed by atoms with van der Waals surface area (Å²) >= 11 is 0. The highest BCUT2D eigenvalue weighted by atomic mass is 16.6. The number of hydrogen-bond donors (Lipinski definition) is 2. The molecule has 0 aromatic carbocycles. The quantitative estimate of drug-likeness (QED) is 0.133. The Kier molecular flexibility index (Phi) is 13.6. The maximum atomic E-state index is 12.2. The van der Waals surface area contributed by atoms with E-state index in [-0.39, 0.29) is 18.0 Å². The smallest absolute Gasteiger partial charge is 0.319 e. The zero-order valence-corrected chi connectivity index (χ0v) is 20.7. The minimum Gasteiger partial charge on any atom is -0.480 e. The summed E-state index contributed by atoms with van der Waals surface area (Å²) in [5.74, 6) is -2.79. The van der Waals surface area contributed by atoms with Crippen molar-refractivity contribution in [3.05, 3.63) is 0 Å². The van der Waals surface area contributed by atoms with Crippen molar-refractivity contribution in [2.24, 2.45) is 23.0 Å². The number of amides is 1. The first-order valence-electron chi connectivity index (χ1n) is 13.0. The summed E-state index contributed by atoms with van der Waals surface area (Å²) in [6.07, 6.45) is 16.4. The molecule has 1 heterocycles. The van der Waals surface area contributed by atoms with E-state index >= 15 is 0 Å². The summed E-state index contributed by atoms with van der Waals surface area (Å²) in [6, 6.07) is 0. The normalized spacial score (nSPS) is 20.8. The van der Waals surface area contributed by atoms with Crippen LogP contribution in [0, 0.1) is 17.3 Å². The molecule has 0 aliphatic carbocycles. The van der Waals surface area contributed by atoms with Gasteiger partial charge in [0.15, 0.2) is 0 Å². The molecule has 6 heteroatoms. The van der Waals surface area contributed by atoms with Gasteiger partial charge in [-0.15, -0.1) is 0 Å². The van der Waals surface area contributed by atoms with Crippen LogP contribution >= 0.6 is 0 Å². The predicted octanol–water partition coefficient (Wildman–Crippen LogP) is 6.00. The topological polar surface area (TPSA) is 107 Å². The van der Waals surface area contributed by atoms with Crippen LogP contribution in [-0.4, -0.2) is 29.1 Å². The molecule has 1 aliphatic rings. The number of primary amides is 1. The van der Waals surface area contributed by atoms with Crippen LogP contribution in [0.3, 0.4) is 0 Å². The third kappa shape index (κ3) is 8.74. The molecule has 4 atom stereocenters. The summed E-state index contributed by atoms with van der Waals surface area (Å²) in [5.41, 5.74) is 3.92. The zero-order valence-electron chi connectivity index (χ0n) is 20.7. The van der Waals surface area contributed by atoms with Crippen LogP contribution in [0.4, 0.5) is 0 Å². The van der Waals surface area contributed by atoms with E-state index in [1.165, 1.54) is 45.4 Å². The van der Waals surface area contributed by atoms with Gasteiger partial charge in [-0.1, -0.05) is 97.3 Å². The van der Waals surface area contributed by atoms with Crippen molar-refractivity contribution >= 4 is 17.8 Å². The molecule has 0 saturated carbocycles. The van der Waals surface area contributed by atoms with E-state index < -0.39 is 23.2 Å². The molecule has 6 nitrogen and oxygen atoms in total. The van der Waals surface area contributed by atoms with Gasteiger partial charge in [-0.3, -0.25) is 14.4 Å². The van der Waals surface area contributed by atoms with Crippen molar-refractivity contribution in [3.63, 3.8) is 0 Å². The molecule has 1 fully saturated rings. The first-order valence-corrected chi connectivity index (χ1v) is 13.0. The van der Waals surface area contributed by atoms with Gasteiger partial charge in [-0.25, -0.2) is 0 Å². The van der Waals surface area contributed by atoms with Crippen molar-refractivity contribution in [1.82, 2.24) is 0 Å². The predicted molar refractivity (Wildman–Crippen MR) is 127 cm³/mol. The third-order valence-electron chi connectivity index (χ3n) is 7.33. The first kappa shape index (κ1) is 28.4. The number of unbranched alkanes of at least 4 members (excludes halogenated alkanes) is 11. The summed E-state index contributed by atoms with van der Waals surface area (Å²) in [6.45, 7) is 5.80. The van der Waals surface area contributed by atoms with E-state index in [9.17, 15) is 19.5 Å². The fourth-order valence-electron chi connectivity index (χ4n) is 4.81. The van der Waals surface area contributed by atoms with Crippen LogP contribution in [0.15, 0.2) is 0 Å². The van der Waals surface area contributed by atoms with E-state index in [1.807, 2.05) is 0 Å². The molecule has 1 saturated heterocycles. The van der Waals surface area contributed by atoms with Crippen LogP contribution in [0.1, 0.15) is 124 Å². The third-order valence-corrected chi connectivity index (χ3v) is 7.33. The number of ether oxygens (including phenoxy) is 1. The number of carbonyl (C=O) groups excluding carboxylic acids is 2. The van der Waals surface area contributed by atoms with Crippen LogP contribution in [0.5, 0.6) is 0 Å². The molecule has 1 aliphatic heterocycles. The lowest BCUT2D eigenvalue weighted by molar-refractivity contribution is -0.189. The molecule has 0 radical (unpaired) electrons.